The Balaban J connectivity index is 1.14. The molecule has 75 heavy (non-hydrogen) atoms. The van der Waals surface area contributed by atoms with E-state index in [0.717, 1.165) is 44.1 Å². The molecule has 7 atom stereocenters. The van der Waals surface area contributed by atoms with Gasteiger partial charge in [0, 0.05) is 59.9 Å². The van der Waals surface area contributed by atoms with Crippen LogP contribution in [0.3, 0.4) is 0 Å². The van der Waals surface area contributed by atoms with Crippen molar-refractivity contribution in [1.29, 1.82) is 0 Å². The molecule has 10 N–H and O–H groups in total. The predicted molar refractivity (Wildman–Crippen MR) is 282 cm³/mol. The zero-order valence-corrected chi connectivity index (χ0v) is 42.7. The minimum absolute atomic E-state index is 0.0544. The Labute approximate surface area is 434 Å². The fourth-order valence-corrected chi connectivity index (χ4v) is 10.0. The number of hydrogen-bond donors (Lipinski definition) is 10. The molecule has 1 aliphatic carbocycles. The SMILES string of the molecule is CC[C@H](C)[C@H](NC(=O)[C@H](Cc1c[nH]c2ccccc12)NC(=O)[C@H](CC(=O)O)NC(=O)[C@H](CC(C)C)NC(=O)[C@H](NC(C)=O)C1c2ccccc2CCc2ccccc21)C(=O)N[C@@H](Cc1c[nH]c2ccccc12)C(=O)O. The summed E-state index contributed by atoms with van der Waals surface area (Å²) in [6, 6.07) is 21.5. The van der Waals surface area contributed by atoms with Gasteiger partial charge in [-0.15, -0.1) is 0 Å². The Bertz CT molecular complexity index is 3020. The number of rotatable bonds is 23. The second-order valence-corrected chi connectivity index (χ2v) is 19.9. The third-order valence-electron chi connectivity index (χ3n) is 14.0. The third kappa shape index (κ3) is 13.5. The van der Waals surface area contributed by atoms with Gasteiger partial charge in [0.15, 0.2) is 0 Å². The largest absolute Gasteiger partial charge is 0.481 e. The molecule has 0 spiro atoms. The maximum atomic E-state index is 14.7. The second kappa shape index (κ2) is 24.6. The number of hydrogen-bond acceptors (Lipinski definition) is 8. The van der Waals surface area contributed by atoms with E-state index in [1.165, 1.54) is 6.92 Å². The Kier molecular flexibility index (Phi) is 17.9. The lowest BCUT2D eigenvalue weighted by molar-refractivity contribution is -0.142. The van der Waals surface area contributed by atoms with Crippen LogP contribution in [0.15, 0.2) is 109 Å². The summed E-state index contributed by atoms with van der Waals surface area (Å²) in [5, 5.41) is 38.2. The zero-order valence-electron chi connectivity index (χ0n) is 42.7. The number of benzene rings is 4. The van der Waals surface area contributed by atoms with Gasteiger partial charge < -0.3 is 52.1 Å². The lowest BCUT2D eigenvalue weighted by Gasteiger charge is -2.31. The molecule has 0 unspecified atom stereocenters. The number of aromatic nitrogens is 2. The van der Waals surface area contributed by atoms with Crippen LogP contribution in [0.5, 0.6) is 0 Å². The van der Waals surface area contributed by atoms with Crippen LogP contribution >= 0.6 is 0 Å². The standard InChI is InChI=1S/C57H66N8O10/c1-6-32(4)50(55(72)64-47(57(74)75)27-37-30-59-43-22-14-12-18-39(37)43)65-54(71)45(26-36-29-58-42-21-13-11-17-38(36)42)61-53(70)46(28-48(67)68)62-52(69)44(25-31(2)3)63-56(73)51(60-33(5)66)49-40-19-9-7-15-34(40)23-24-35-16-8-10-20-41(35)49/h7-22,29-32,44-47,49-51,58-59H,6,23-28H2,1-5H3,(H,60,66)(H,61,70)(H,62,69)(H,63,73)(H,64,72)(H,65,71)(H,67,68)(H,74,75)/t32-,44-,45-,46-,47-,50-,51+/m0/s1. The quantitative estimate of drug-likeness (QED) is 0.0413. The molecule has 18 nitrogen and oxygen atoms in total. The molecule has 2 aromatic heterocycles. The Hall–Kier alpha value is -8.28. The molecule has 0 radical (unpaired) electrons. The Morgan fingerprint density at radius 3 is 1.55 bits per heavy atom. The van der Waals surface area contributed by atoms with E-state index in [9.17, 15) is 48.6 Å². The summed E-state index contributed by atoms with van der Waals surface area (Å²) in [5.74, 6) is -8.83. The van der Waals surface area contributed by atoms with Crippen LogP contribution in [0.1, 0.15) is 93.2 Å². The number of H-pyrrole nitrogens is 2. The maximum absolute atomic E-state index is 14.7. The number of carboxylic acid groups (broad SMARTS) is 2. The number of carboxylic acids is 2. The maximum Gasteiger partial charge on any atom is 0.326 e. The van der Waals surface area contributed by atoms with Crippen LogP contribution in [-0.2, 0) is 64.0 Å². The molecular weight excluding hydrogens is 957 g/mol. The number of aryl methyl sites for hydroxylation is 2. The van der Waals surface area contributed by atoms with Crippen molar-refractivity contribution in [2.24, 2.45) is 11.8 Å². The van der Waals surface area contributed by atoms with E-state index in [1.807, 2.05) is 105 Å². The predicted octanol–water partition coefficient (Wildman–Crippen LogP) is 4.95. The lowest BCUT2D eigenvalue weighted by atomic mass is 9.82. The molecule has 394 valence electrons. The van der Waals surface area contributed by atoms with Gasteiger partial charge in [-0.1, -0.05) is 119 Å². The van der Waals surface area contributed by atoms with E-state index >= 15 is 0 Å². The summed E-state index contributed by atoms with van der Waals surface area (Å²) in [4.78, 5) is 117. The van der Waals surface area contributed by atoms with Crippen LogP contribution < -0.4 is 31.9 Å². The Morgan fingerprint density at radius 2 is 1.03 bits per heavy atom. The molecule has 0 fully saturated rings. The molecule has 4 aromatic carbocycles. The number of carbonyl (C=O) groups excluding carboxylic acids is 6. The second-order valence-electron chi connectivity index (χ2n) is 19.9. The number of aliphatic carboxylic acids is 2. The average Bonchev–Trinajstić information content (AvgIpc) is 3.94. The van der Waals surface area contributed by atoms with Crippen molar-refractivity contribution < 1.29 is 48.6 Å². The van der Waals surface area contributed by atoms with Crippen molar-refractivity contribution in [1.82, 2.24) is 41.9 Å². The summed E-state index contributed by atoms with van der Waals surface area (Å²) in [6.07, 6.45) is 4.02. The Morgan fingerprint density at radius 1 is 0.560 bits per heavy atom. The molecular formula is C57H66N8O10. The summed E-state index contributed by atoms with van der Waals surface area (Å²) in [6.45, 7) is 8.46. The summed E-state index contributed by atoms with van der Waals surface area (Å²) >= 11 is 0. The molecule has 0 bridgehead atoms. The first kappa shape index (κ1) is 54.5. The van der Waals surface area contributed by atoms with E-state index in [4.69, 9.17) is 0 Å². The summed E-state index contributed by atoms with van der Waals surface area (Å²) in [5.41, 5.74) is 6.45. The molecule has 7 rings (SSSR count). The monoisotopic (exact) mass is 1020 g/mol. The van der Waals surface area contributed by atoms with Gasteiger partial charge in [-0.2, -0.15) is 0 Å². The number of para-hydroxylation sites is 2. The van der Waals surface area contributed by atoms with Gasteiger partial charge in [0.1, 0.15) is 36.3 Å². The molecule has 1 aliphatic rings. The minimum atomic E-state index is -1.78. The van der Waals surface area contributed by atoms with Gasteiger partial charge in [-0.3, -0.25) is 33.6 Å². The zero-order chi connectivity index (χ0) is 53.9. The summed E-state index contributed by atoms with van der Waals surface area (Å²) in [7, 11) is 0. The first-order valence-corrected chi connectivity index (χ1v) is 25.4. The van der Waals surface area contributed by atoms with E-state index in [1.54, 1.807) is 32.3 Å². The number of fused-ring (bicyclic) bond motifs is 4. The van der Waals surface area contributed by atoms with Crippen molar-refractivity contribution in [3.8, 4) is 0 Å². The van der Waals surface area contributed by atoms with Crippen LogP contribution in [0.4, 0.5) is 0 Å². The van der Waals surface area contributed by atoms with Crippen molar-refractivity contribution >= 4 is 69.2 Å². The van der Waals surface area contributed by atoms with E-state index in [2.05, 4.69) is 41.9 Å². The first-order chi connectivity index (χ1) is 35.9. The highest BCUT2D eigenvalue weighted by Gasteiger charge is 2.39. The van der Waals surface area contributed by atoms with Gasteiger partial charge in [0.25, 0.3) is 0 Å². The minimum Gasteiger partial charge on any atom is -0.481 e. The molecule has 0 aliphatic heterocycles. The van der Waals surface area contributed by atoms with Crippen LogP contribution in [0.2, 0.25) is 0 Å². The van der Waals surface area contributed by atoms with Gasteiger partial charge in [0.05, 0.1) is 6.42 Å². The third-order valence-corrected chi connectivity index (χ3v) is 14.0. The van der Waals surface area contributed by atoms with Crippen molar-refractivity contribution in [2.45, 2.75) is 122 Å². The topological polar surface area (TPSA) is 281 Å². The number of aromatic amines is 2. The normalized spacial score (nSPS) is 15.1. The van der Waals surface area contributed by atoms with Crippen molar-refractivity contribution in [3.63, 3.8) is 0 Å². The highest BCUT2D eigenvalue weighted by Crippen LogP contribution is 2.37. The number of nitrogens with one attached hydrogen (secondary N) is 8. The first-order valence-electron chi connectivity index (χ1n) is 25.4. The highest BCUT2D eigenvalue weighted by atomic mass is 16.4. The van der Waals surface area contributed by atoms with Crippen LogP contribution in [-0.4, -0.2) is 104 Å². The van der Waals surface area contributed by atoms with Crippen LogP contribution in [0, 0.1) is 11.8 Å². The molecule has 0 saturated carbocycles. The number of amides is 6. The molecule has 6 aromatic rings. The molecule has 6 amide bonds. The fraction of sp³-hybridized carbons (Fsp3) is 0.368. The van der Waals surface area contributed by atoms with Gasteiger partial charge in [0.2, 0.25) is 35.4 Å². The van der Waals surface area contributed by atoms with Gasteiger partial charge in [-0.05, 0) is 76.6 Å². The van der Waals surface area contributed by atoms with Crippen molar-refractivity contribution in [2.75, 3.05) is 0 Å². The fourth-order valence-electron chi connectivity index (χ4n) is 10.0. The lowest BCUT2D eigenvalue weighted by Crippen LogP contribution is -2.61. The molecule has 0 saturated heterocycles. The molecule has 2 heterocycles. The average molecular weight is 1020 g/mol. The smallest absolute Gasteiger partial charge is 0.326 e. The number of carbonyl (C=O) groups is 8. The van der Waals surface area contributed by atoms with E-state index in [0.29, 0.717) is 30.4 Å². The molecule has 18 heteroatoms. The highest BCUT2D eigenvalue weighted by molar-refractivity contribution is 5.99. The van der Waals surface area contributed by atoms with E-state index in [-0.39, 0.29) is 25.2 Å². The van der Waals surface area contributed by atoms with Crippen molar-refractivity contribution in [3.05, 3.63) is 143 Å². The summed E-state index contributed by atoms with van der Waals surface area (Å²) < 4.78 is 0. The van der Waals surface area contributed by atoms with E-state index < -0.39 is 102 Å². The van der Waals surface area contributed by atoms with Crippen LogP contribution in [0.25, 0.3) is 21.8 Å². The van der Waals surface area contributed by atoms with Gasteiger partial charge in [-0.25, -0.2) is 4.79 Å². The van der Waals surface area contributed by atoms with Gasteiger partial charge >= 0.3 is 11.9 Å².